The van der Waals surface area contributed by atoms with Gasteiger partial charge in [0.15, 0.2) is 0 Å². The van der Waals surface area contributed by atoms with Crippen LogP contribution in [0.4, 0.5) is 6.01 Å². The van der Waals surface area contributed by atoms with Crippen LogP contribution in [0.3, 0.4) is 0 Å². The summed E-state index contributed by atoms with van der Waals surface area (Å²) in [6.07, 6.45) is 0. The molecule has 2 aromatic rings. The number of nitrogens with one attached hydrogen (secondary N) is 2. The molecule has 2 rings (SSSR count). The third kappa shape index (κ3) is 3.27. The first-order chi connectivity index (χ1) is 9.63. The van der Waals surface area contributed by atoms with E-state index >= 15 is 0 Å². The molecule has 0 amide bonds. The maximum Gasteiger partial charge on any atom is 0.315 e. The van der Waals surface area contributed by atoms with Crippen molar-refractivity contribution in [3.8, 4) is 5.75 Å². The fourth-order valence-corrected chi connectivity index (χ4v) is 1.75. The van der Waals surface area contributed by atoms with Crippen molar-refractivity contribution in [2.24, 2.45) is 0 Å². The van der Waals surface area contributed by atoms with E-state index in [0.29, 0.717) is 11.9 Å². The number of benzene rings is 1. The molecule has 108 valence electrons. The Morgan fingerprint density at radius 3 is 2.40 bits per heavy atom. The second-order valence-electron chi connectivity index (χ2n) is 4.60. The number of hydrogen-bond acceptors (Lipinski definition) is 6. The largest absolute Gasteiger partial charge is 0.497 e. The van der Waals surface area contributed by atoms with Crippen LogP contribution in [0.25, 0.3) is 0 Å². The summed E-state index contributed by atoms with van der Waals surface area (Å²) >= 11 is 0. The monoisotopic (exact) mass is 276 g/mol. The molecule has 0 aliphatic rings. The van der Waals surface area contributed by atoms with Crippen LogP contribution in [0.15, 0.2) is 28.7 Å². The average molecular weight is 276 g/mol. The van der Waals surface area contributed by atoms with Crippen LogP contribution in [-0.4, -0.2) is 24.4 Å². The molecule has 6 heteroatoms. The maximum atomic E-state index is 5.55. The molecular weight excluding hydrogens is 256 g/mol. The fraction of sp³-hybridized carbons (Fsp3) is 0.429. The van der Waals surface area contributed by atoms with E-state index in [9.17, 15) is 0 Å². The molecule has 1 heterocycles. The Morgan fingerprint density at radius 1 is 1.10 bits per heavy atom. The van der Waals surface area contributed by atoms with Crippen molar-refractivity contribution in [2.45, 2.75) is 25.9 Å². The predicted molar refractivity (Wildman–Crippen MR) is 76.8 cm³/mol. The zero-order valence-corrected chi connectivity index (χ0v) is 12.2. The molecule has 2 unspecified atom stereocenters. The molecule has 2 atom stereocenters. The molecule has 0 bridgehead atoms. The summed E-state index contributed by atoms with van der Waals surface area (Å²) in [6, 6.07) is 8.39. The molecule has 0 fully saturated rings. The van der Waals surface area contributed by atoms with Gasteiger partial charge in [0.1, 0.15) is 5.75 Å². The lowest BCUT2D eigenvalue weighted by Crippen LogP contribution is -2.12. The Hall–Kier alpha value is -2.08. The molecule has 0 aliphatic heterocycles. The van der Waals surface area contributed by atoms with Crippen LogP contribution in [-0.2, 0) is 0 Å². The van der Waals surface area contributed by atoms with Gasteiger partial charge in [-0.25, -0.2) is 0 Å². The number of rotatable bonds is 6. The zero-order chi connectivity index (χ0) is 14.5. The average Bonchev–Trinajstić information content (AvgIpc) is 2.95. The Balaban J connectivity index is 2.03. The summed E-state index contributed by atoms with van der Waals surface area (Å²) in [6.45, 7) is 4.00. The molecule has 20 heavy (non-hydrogen) atoms. The normalized spacial score (nSPS) is 13.8. The SMILES string of the molecule is CNC(C)c1nnc(NC(C)c2ccc(OC)cc2)o1. The van der Waals surface area contributed by atoms with Gasteiger partial charge in [-0.3, -0.25) is 0 Å². The highest BCUT2D eigenvalue weighted by molar-refractivity contribution is 5.33. The fourth-order valence-electron chi connectivity index (χ4n) is 1.75. The second kappa shape index (κ2) is 6.38. The smallest absolute Gasteiger partial charge is 0.315 e. The first-order valence-electron chi connectivity index (χ1n) is 6.55. The van der Waals surface area contributed by atoms with Gasteiger partial charge in [-0.15, -0.1) is 5.10 Å². The maximum absolute atomic E-state index is 5.55. The predicted octanol–water partition coefficient (Wildman–Crippen LogP) is 2.53. The molecule has 0 radical (unpaired) electrons. The van der Waals surface area contributed by atoms with E-state index in [2.05, 4.69) is 20.8 Å². The van der Waals surface area contributed by atoms with E-state index in [1.807, 2.05) is 45.2 Å². The number of nitrogens with zero attached hydrogens (tertiary/aromatic N) is 2. The van der Waals surface area contributed by atoms with E-state index in [0.717, 1.165) is 11.3 Å². The van der Waals surface area contributed by atoms with Crippen molar-refractivity contribution < 1.29 is 9.15 Å². The highest BCUT2D eigenvalue weighted by Crippen LogP contribution is 2.22. The van der Waals surface area contributed by atoms with E-state index < -0.39 is 0 Å². The summed E-state index contributed by atoms with van der Waals surface area (Å²) < 4.78 is 10.7. The molecule has 0 spiro atoms. The molecular formula is C14H20N4O2. The minimum absolute atomic E-state index is 0.0364. The highest BCUT2D eigenvalue weighted by Gasteiger charge is 2.14. The second-order valence-corrected chi connectivity index (χ2v) is 4.60. The number of aromatic nitrogens is 2. The summed E-state index contributed by atoms with van der Waals surface area (Å²) in [4.78, 5) is 0. The number of ether oxygens (including phenoxy) is 1. The molecule has 0 saturated carbocycles. The Morgan fingerprint density at radius 2 is 1.80 bits per heavy atom. The van der Waals surface area contributed by atoms with Crippen LogP contribution in [0.5, 0.6) is 5.75 Å². The van der Waals surface area contributed by atoms with Crippen molar-refractivity contribution in [1.82, 2.24) is 15.5 Å². The molecule has 6 nitrogen and oxygen atoms in total. The van der Waals surface area contributed by atoms with Crippen LogP contribution in [0, 0.1) is 0 Å². The summed E-state index contributed by atoms with van der Waals surface area (Å²) in [5.41, 5.74) is 1.12. The first-order valence-corrected chi connectivity index (χ1v) is 6.55. The first kappa shape index (κ1) is 14.3. The quantitative estimate of drug-likeness (QED) is 0.844. The van der Waals surface area contributed by atoms with Crippen molar-refractivity contribution in [3.05, 3.63) is 35.7 Å². The minimum Gasteiger partial charge on any atom is -0.497 e. The van der Waals surface area contributed by atoms with E-state index in [-0.39, 0.29) is 12.1 Å². The van der Waals surface area contributed by atoms with Crippen LogP contribution >= 0.6 is 0 Å². The lowest BCUT2D eigenvalue weighted by atomic mass is 10.1. The van der Waals surface area contributed by atoms with Crippen molar-refractivity contribution in [3.63, 3.8) is 0 Å². The van der Waals surface area contributed by atoms with Crippen LogP contribution < -0.4 is 15.4 Å². The van der Waals surface area contributed by atoms with E-state index in [1.54, 1.807) is 7.11 Å². The molecule has 2 N–H and O–H groups in total. The summed E-state index contributed by atoms with van der Waals surface area (Å²) in [7, 11) is 3.50. The number of hydrogen-bond donors (Lipinski definition) is 2. The molecule has 0 aliphatic carbocycles. The van der Waals surface area contributed by atoms with Gasteiger partial charge < -0.3 is 19.8 Å². The zero-order valence-electron chi connectivity index (χ0n) is 12.2. The third-order valence-corrected chi connectivity index (χ3v) is 3.20. The topological polar surface area (TPSA) is 72.2 Å². The molecule has 0 saturated heterocycles. The van der Waals surface area contributed by atoms with Crippen LogP contribution in [0.1, 0.15) is 37.4 Å². The van der Waals surface area contributed by atoms with Crippen molar-refractivity contribution in [2.75, 3.05) is 19.5 Å². The number of anilines is 1. The van der Waals surface area contributed by atoms with Crippen molar-refractivity contribution >= 4 is 6.01 Å². The highest BCUT2D eigenvalue weighted by atomic mass is 16.5. The summed E-state index contributed by atoms with van der Waals surface area (Å²) in [5.74, 6) is 1.40. The molecule has 1 aromatic heterocycles. The van der Waals surface area contributed by atoms with Gasteiger partial charge in [0, 0.05) is 0 Å². The Kier molecular flexibility index (Phi) is 4.57. The summed E-state index contributed by atoms with van der Waals surface area (Å²) in [5, 5.41) is 14.2. The van der Waals surface area contributed by atoms with E-state index in [4.69, 9.17) is 9.15 Å². The third-order valence-electron chi connectivity index (χ3n) is 3.20. The standard InChI is InChI=1S/C14H20N4O2/c1-9(11-5-7-12(19-4)8-6-11)16-14-18-17-13(20-14)10(2)15-3/h5-10,15H,1-4H3,(H,16,18). The van der Waals surface area contributed by atoms with Gasteiger partial charge in [0.05, 0.1) is 19.2 Å². The van der Waals surface area contributed by atoms with Gasteiger partial charge in [-0.2, -0.15) is 0 Å². The van der Waals surface area contributed by atoms with Crippen LogP contribution in [0.2, 0.25) is 0 Å². The Bertz CT molecular complexity index is 538. The van der Waals surface area contributed by atoms with Crippen molar-refractivity contribution in [1.29, 1.82) is 0 Å². The number of methoxy groups -OCH3 is 1. The minimum atomic E-state index is 0.0364. The van der Waals surface area contributed by atoms with Gasteiger partial charge in [0.25, 0.3) is 0 Å². The molecule has 1 aromatic carbocycles. The lowest BCUT2D eigenvalue weighted by molar-refractivity contribution is 0.414. The Labute approximate surface area is 118 Å². The van der Waals surface area contributed by atoms with Gasteiger partial charge in [-0.1, -0.05) is 17.2 Å². The van der Waals surface area contributed by atoms with E-state index in [1.165, 1.54) is 0 Å². The van der Waals surface area contributed by atoms with Gasteiger partial charge >= 0.3 is 6.01 Å². The lowest BCUT2D eigenvalue weighted by Gasteiger charge is -2.12. The van der Waals surface area contributed by atoms with Gasteiger partial charge in [0.2, 0.25) is 5.89 Å². The van der Waals surface area contributed by atoms with Gasteiger partial charge in [-0.05, 0) is 38.6 Å².